The summed E-state index contributed by atoms with van der Waals surface area (Å²) in [5, 5.41) is 12.8. The van der Waals surface area contributed by atoms with Crippen LogP contribution in [0.1, 0.15) is 11.5 Å². The van der Waals surface area contributed by atoms with Crippen molar-refractivity contribution in [2.24, 2.45) is 0 Å². The quantitative estimate of drug-likeness (QED) is 0.712. The maximum Gasteiger partial charge on any atom is 0.0745 e. The van der Waals surface area contributed by atoms with Crippen molar-refractivity contribution in [2.45, 2.75) is 12.0 Å². The van der Waals surface area contributed by atoms with Gasteiger partial charge >= 0.3 is 0 Å². The Morgan fingerprint density at radius 1 is 1.15 bits per heavy atom. The fourth-order valence-electron chi connectivity index (χ4n) is 1.71. The van der Waals surface area contributed by atoms with Gasteiger partial charge in [0.1, 0.15) is 0 Å². The van der Waals surface area contributed by atoms with Crippen molar-refractivity contribution in [1.82, 2.24) is 5.32 Å². The summed E-state index contributed by atoms with van der Waals surface area (Å²) in [6.45, 7) is 1.62. The van der Waals surface area contributed by atoms with Gasteiger partial charge in [-0.05, 0) is 5.56 Å². The van der Waals surface area contributed by atoms with Crippen molar-refractivity contribution in [3.63, 3.8) is 0 Å². The number of aliphatic hydroxyl groups is 1. The second-order valence-corrected chi connectivity index (χ2v) is 3.24. The molecule has 0 aliphatic carbocycles. The Morgan fingerprint density at radius 2 is 1.85 bits per heavy atom. The number of hydrogen-bond donors (Lipinski definition) is 2. The van der Waals surface area contributed by atoms with Crippen LogP contribution >= 0.6 is 12.4 Å². The Balaban J connectivity index is 0.000000845. The molecule has 1 aliphatic rings. The summed E-state index contributed by atoms with van der Waals surface area (Å²) < 4.78 is 0. The van der Waals surface area contributed by atoms with Crippen LogP contribution in [0.2, 0.25) is 0 Å². The van der Waals surface area contributed by atoms with Gasteiger partial charge in [0, 0.05) is 19.0 Å². The molecule has 72 valence electrons. The first-order valence-corrected chi connectivity index (χ1v) is 4.31. The Kier molecular flexibility index (Phi) is 3.72. The van der Waals surface area contributed by atoms with Crippen molar-refractivity contribution < 1.29 is 5.11 Å². The predicted octanol–water partition coefficient (Wildman–Crippen LogP) is 1.16. The molecule has 13 heavy (non-hydrogen) atoms. The minimum Gasteiger partial charge on any atom is -0.391 e. The molecule has 0 amide bonds. The molecule has 1 aromatic carbocycles. The first kappa shape index (κ1) is 10.5. The van der Waals surface area contributed by atoms with Crippen molar-refractivity contribution in [3.05, 3.63) is 35.9 Å². The number of aliphatic hydroxyl groups excluding tert-OH is 1. The Bertz CT molecular complexity index is 252. The largest absolute Gasteiger partial charge is 0.391 e. The highest BCUT2D eigenvalue weighted by Gasteiger charge is 2.25. The van der Waals surface area contributed by atoms with Gasteiger partial charge in [-0.3, -0.25) is 0 Å². The highest BCUT2D eigenvalue weighted by molar-refractivity contribution is 5.85. The standard InChI is InChI=1S/C10H13NO.ClH/c12-10-7-11-6-9(10)8-4-2-1-3-5-8;/h1-5,9-12H,6-7H2;1H/t9-,10+;/m0./s1. The summed E-state index contributed by atoms with van der Waals surface area (Å²) in [5.41, 5.74) is 1.23. The molecule has 0 saturated carbocycles. The van der Waals surface area contributed by atoms with E-state index in [0.29, 0.717) is 0 Å². The number of nitrogens with one attached hydrogen (secondary N) is 1. The van der Waals surface area contributed by atoms with Crippen LogP contribution in [0, 0.1) is 0 Å². The van der Waals surface area contributed by atoms with E-state index in [1.54, 1.807) is 0 Å². The molecule has 0 bridgehead atoms. The molecule has 0 unspecified atom stereocenters. The molecule has 1 saturated heterocycles. The molecule has 2 nitrogen and oxygen atoms in total. The third kappa shape index (κ3) is 2.21. The molecular formula is C10H14ClNO. The number of β-amino-alcohol motifs (C(OH)–C–C–N with tert-alkyl or cyclic N) is 1. The Hall–Kier alpha value is -0.570. The lowest BCUT2D eigenvalue weighted by molar-refractivity contribution is 0.178. The normalized spacial score (nSPS) is 26.8. The van der Waals surface area contributed by atoms with Gasteiger partial charge < -0.3 is 10.4 Å². The van der Waals surface area contributed by atoms with Crippen LogP contribution < -0.4 is 5.32 Å². The second-order valence-electron chi connectivity index (χ2n) is 3.24. The summed E-state index contributed by atoms with van der Waals surface area (Å²) in [6.07, 6.45) is -0.215. The molecule has 2 rings (SSSR count). The van der Waals surface area contributed by atoms with E-state index >= 15 is 0 Å². The second kappa shape index (κ2) is 4.61. The lowest BCUT2D eigenvalue weighted by Gasteiger charge is -2.12. The summed E-state index contributed by atoms with van der Waals surface area (Å²) in [5.74, 6) is 0.284. The van der Waals surface area contributed by atoms with Crippen molar-refractivity contribution in [1.29, 1.82) is 0 Å². The Morgan fingerprint density at radius 3 is 2.38 bits per heavy atom. The van der Waals surface area contributed by atoms with Crippen LogP contribution in [0.15, 0.2) is 30.3 Å². The molecule has 1 heterocycles. The van der Waals surface area contributed by atoms with Crippen LogP contribution in [0.4, 0.5) is 0 Å². The van der Waals surface area contributed by atoms with Gasteiger partial charge in [0.25, 0.3) is 0 Å². The predicted molar refractivity (Wildman–Crippen MR) is 55.3 cm³/mol. The summed E-state index contributed by atoms with van der Waals surface area (Å²) >= 11 is 0. The van der Waals surface area contributed by atoms with E-state index in [2.05, 4.69) is 17.4 Å². The van der Waals surface area contributed by atoms with E-state index in [4.69, 9.17) is 0 Å². The molecule has 1 aliphatic heterocycles. The topological polar surface area (TPSA) is 32.3 Å². The average Bonchev–Trinajstić information content (AvgIpc) is 2.53. The Labute approximate surface area is 84.4 Å². The SMILES string of the molecule is Cl.O[C@@H]1CNC[C@H]1c1ccccc1. The van der Waals surface area contributed by atoms with Crippen LogP contribution in [0.25, 0.3) is 0 Å². The third-order valence-electron chi connectivity index (χ3n) is 2.41. The lowest BCUT2D eigenvalue weighted by Crippen LogP contribution is -2.15. The van der Waals surface area contributed by atoms with Crippen LogP contribution in [-0.4, -0.2) is 24.3 Å². The average molecular weight is 200 g/mol. The number of rotatable bonds is 1. The van der Waals surface area contributed by atoms with E-state index in [9.17, 15) is 5.11 Å². The van der Waals surface area contributed by atoms with E-state index in [0.717, 1.165) is 13.1 Å². The molecule has 0 aromatic heterocycles. The molecule has 0 spiro atoms. The minimum absolute atomic E-state index is 0. The van der Waals surface area contributed by atoms with E-state index in [1.165, 1.54) is 5.56 Å². The zero-order valence-electron chi connectivity index (χ0n) is 7.31. The van der Waals surface area contributed by atoms with Crippen molar-refractivity contribution >= 4 is 12.4 Å². The van der Waals surface area contributed by atoms with Crippen LogP contribution in [-0.2, 0) is 0 Å². The van der Waals surface area contributed by atoms with Crippen LogP contribution in [0.5, 0.6) is 0 Å². The maximum atomic E-state index is 9.58. The smallest absolute Gasteiger partial charge is 0.0745 e. The van der Waals surface area contributed by atoms with Crippen LogP contribution in [0.3, 0.4) is 0 Å². The first-order chi connectivity index (χ1) is 5.88. The van der Waals surface area contributed by atoms with Gasteiger partial charge in [0.05, 0.1) is 6.10 Å². The fourth-order valence-corrected chi connectivity index (χ4v) is 1.71. The fraction of sp³-hybridized carbons (Fsp3) is 0.400. The molecule has 1 fully saturated rings. The van der Waals surface area contributed by atoms with Gasteiger partial charge in [-0.15, -0.1) is 12.4 Å². The van der Waals surface area contributed by atoms with Crippen molar-refractivity contribution in [3.8, 4) is 0 Å². The third-order valence-corrected chi connectivity index (χ3v) is 2.41. The lowest BCUT2D eigenvalue weighted by atomic mass is 9.96. The highest BCUT2D eigenvalue weighted by Crippen LogP contribution is 2.21. The number of halogens is 1. The minimum atomic E-state index is -0.215. The summed E-state index contributed by atoms with van der Waals surface area (Å²) in [4.78, 5) is 0. The maximum absolute atomic E-state index is 9.58. The molecule has 1 aromatic rings. The molecule has 0 radical (unpaired) electrons. The number of hydrogen-bond acceptors (Lipinski definition) is 2. The first-order valence-electron chi connectivity index (χ1n) is 4.31. The zero-order valence-corrected chi connectivity index (χ0v) is 8.13. The van der Waals surface area contributed by atoms with Gasteiger partial charge in [-0.2, -0.15) is 0 Å². The van der Waals surface area contributed by atoms with E-state index in [1.807, 2.05) is 18.2 Å². The summed E-state index contributed by atoms with van der Waals surface area (Å²) in [6, 6.07) is 10.2. The van der Waals surface area contributed by atoms with Gasteiger partial charge in [-0.1, -0.05) is 30.3 Å². The molecule has 3 heteroatoms. The molecule has 2 atom stereocenters. The number of benzene rings is 1. The zero-order chi connectivity index (χ0) is 8.39. The van der Waals surface area contributed by atoms with Crippen molar-refractivity contribution in [2.75, 3.05) is 13.1 Å². The van der Waals surface area contributed by atoms with Gasteiger partial charge in [-0.25, -0.2) is 0 Å². The van der Waals surface area contributed by atoms with Gasteiger partial charge in [0.15, 0.2) is 0 Å². The molecule has 2 N–H and O–H groups in total. The highest BCUT2D eigenvalue weighted by atomic mass is 35.5. The van der Waals surface area contributed by atoms with Gasteiger partial charge in [0.2, 0.25) is 0 Å². The summed E-state index contributed by atoms with van der Waals surface area (Å²) in [7, 11) is 0. The monoisotopic (exact) mass is 199 g/mol. The van der Waals surface area contributed by atoms with E-state index < -0.39 is 0 Å². The molecular weight excluding hydrogens is 186 g/mol. The van der Waals surface area contributed by atoms with E-state index in [-0.39, 0.29) is 24.4 Å².